The van der Waals surface area contributed by atoms with Crippen LogP contribution in [0.25, 0.3) is 0 Å². The van der Waals surface area contributed by atoms with Crippen molar-refractivity contribution in [1.82, 2.24) is 10.2 Å². The Morgan fingerprint density at radius 2 is 1.82 bits per heavy atom. The highest BCUT2D eigenvalue weighted by Crippen LogP contribution is 2.42. The van der Waals surface area contributed by atoms with Gasteiger partial charge in [0.15, 0.2) is 0 Å². The summed E-state index contributed by atoms with van der Waals surface area (Å²) < 4.78 is 13.8. The number of likely N-dealkylation sites (tertiary alicyclic amines) is 1. The molecule has 0 aliphatic carbocycles. The first-order valence-corrected chi connectivity index (χ1v) is 13.8. The van der Waals surface area contributed by atoms with E-state index in [-0.39, 0.29) is 16.8 Å². The van der Waals surface area contributed by atoms with Crippen LogP contribution in [0.15, 0.2) is 41.2 Å². The summed E-state index contributed by atoms with van der Waals surface area (Å²) in [5, 5.41) is 3.52. The van der Waals surface area contributed by atoms with Crippen molar-refractivity contribution in [3.05, 3.63) is 47.5 Å². The largest absolute Gasteiger partial charge is 0.378 e. The molecule has 3 rings (SSSR count). The fraction of sp³-hybridized carbons (Fsp3) is 0.700. The topological polar surface area (TPSA) is 27.6 Å². The van der Waals surface area contributed by atoms with Crippen LogP contribution in [0.5, 0.6) is 0 Å². The average Bonchev–Trinajstić information content (AvgIpc) is 2.84. The highest BCUT2D eigenvalue weighted by Gasteiger charge is 2.43. The van der Waals surface area contributed by atoms with E-state index < -0.39 is 0 Å². The maximum atomic E-state index is 13.8. The van der Waals surface area contributed by atoms with E-state index in [4.69, 9.17) is 0 Å². The van der Waals surface area contributed by atoms with E-state index in [2.05, 4.69) is 68.8 Å². The normalized spacial score (nSPS) is 19.1. The summed E-state index contributed by atoms with van der Waals surface area (Å²) in [6, 6.07) is 7.15. The van der Waals surface area contributed by atoms with Crippen molar-refractivity contribution in [2.45, 2.75) is 110 Å². The minimum absolute atomic E-state index is 0.0125. The fourth-order valence-corrected chi connectivity index (χ4v) is 5.47. The summed E-state index contributed by atoms with van der Waals surface area (Å²) in [5.41, 5.74) is 2.74. The van der Waals surface area contributed by atoms with E-state index in [1.54, 1.807) is 6.07 Å². The Morgan fingerprint density at radius 3 is 2.32 bits per heavy atom. The second kappa shape index (κ2) is 13.9. The zero-order valence-corrected chi connectivity index (χ0v) is 22.6. The molecular weight excluding hydrogens is 421 g/mol. The van der Waals surface area contributed by atoms with Gasteiger partial charge in [0, 0.05) is 31.2 Å². The zero-order valence-electron chi connectivity index (χ0n) is 22.6. The number of nitrogens with one attached hydrogen (secondary N) is 1. The third-order valence-corrected chi connectivity index (χ3v) is 8.43. The number of benzene rings is 1. The van der Waals surface area contributed by atoms with Crippen LogP contribution in [0.3, 0.4) is 0 Å². The molecule has 1 unspecified atom stereocenters. The second-order valence-electron chi connectivity index (χ2n) is 10.4. The minimum atomic E-state index is -0.146. The summed E-state index contributed by atoms with van der Waals surface area (Å²) in [6.07, 6.45) is 14.4. The monoisotopic (exact) mass is 471 g/mol. The predicted octanol–water partition coefficient (Wildman–Crippen LogP) is 7.87. The SMILES string of the molecule is C=NCCC1(c2cccc(F)c2)CCN(C2=CNC2(CC)CC)CC1.CCCCCC(C)CC. The van der Waals surface area contributed by atoms with Gasteiger partial charge in [-0.05, 0) is 62.4 Å². The van der Waals surface area contributed by atoms with Gasteiger partial charge in [0.25, 0.3) is 0 Å². The zero-order chi connectivity index (χ0) is 25.0. The van der Waals surface area contributed by atoms with E-state index in [0.29, 0.717) is 0 Å². The van der Waals surface area contributed by atoms with Gasteiger partial charge in [-0.3, -0.25) is 0 Å². The molecule has 0 radical (unpaired) electrons. The van der Waals surface area contributed by atoms with Crippen molar-refractivity contribution in [3.8, 4) is 0 Å². The van der Waals surface area contributed by atoms with Crippen LogP contribution in [0, 0.1) is 11.7 Å². The number of unbranched alkanes of at least 4 members (excludes halogenated alkanes) is 2. The average molecular weight is 472 g/mol. The minimum Gasteiger partial charge on any atom is -0.378 e. The second-order valence-corrected chi connectivity index (χ2v) is 10.4. The Hall–Kier alpha value is -1.84. The van der Waals surface area contributed by atoms with Gasteiger partial charge in [0.05, 0.1) is 11.2 Å². The van der Waals surface area contributed by atoms with Crippen LogP contribution in [0.2, 0.25) is 0 Å². The van der Waals surface area contributed by atoms with E-state index in [1.165, 1.54) is 43.9 Å². The predicted molar refractivity (Wildman–Crippen MR) is 146 cm³/mol. The number of hydrogen-bond acceptors (Lipinski definition) is 3. The Bertz CT molecular complexity index is 760. The molecule has 2 aliphatic heterocycles. The molecule has 0 amide bonds. The third-order valence-electron chi connectivity index (χ3n) is 8.43. The van der Waals surface area contributed by atoms with Crippen LogP contribution in [0.4, 0.5) is 4.39 Å². The lowest BCUT2D eigenvalue weighted by molar-refractivity contribution is 0.141. The van der Waals surface area contributed by atoms with Crippen LogP contribution in [0.1, 0.15) is 104 Å². The van der Waals surface area contributed by atoms with Crippen molar-refractivity contribution in [2.24, 2.45) is 10.9 Å². The van der Waals surface area contributed by atoms with Gasteiger partial charge < -0.3 is 15.2 Å². The first kappa shape index (κ1) is 28.4. The molecule has 2 aliphatic rings. The smallest absolute Gasteiger partial charge is 0.123 e. The van der Waals surface area contributed by atoms with Gasteiger partial charge in [-0.15, -0.1) is 0 Å². The summed E-state index contributed by atoms with van der Waals surface area (Å²) in [5.74, 6) is 0.810. The molecule has 1 aromatic carbocycles. The summed E-state index contributed by atoms with van der Waals surface area (Å²) in [7, 11) is 0. The lowest BCUT2D eigenvalue weighted by Gasteiger charge is -2.52. The molecule has 0 bridgehead atoms. The quantitative estimate of drug-likeness (QED) is 0.248. The molecule has 0 saturated carbocycles. The molecule has 1 saturated heterocycles. The number of halogens is 1. The number of rotatable bonds is 12. The molecule has 3 nitrogen and oxygen atoms in total. The van der Waals surface area contributed by atoms with Crippen LogP contribution < -0.4 is 5.32 Å². The van der Waals surface area contributed by atoms with Crippen LogP contribution >= 0.6 is 0 Å². The van der Waals surface area contributed by atoms with Crippen molar-refractivity contribution in [1.29, 1.82) is 0 Å². The number of hydrogen-bond donors (Lipinski definition) is 1. The van der Waals surface area contributed by atoms with Gasteiger partial charge in [-0.25, -0.2) is 4.39 Å². The number of nitrogens with zero attached hydrogens (tertiary/aromatic N) is 2. The van der Waals surface area contributed by atoms with E-state index in [9.17, 15) is 4.39 Å². The maximum Gasteiger partial charge on any atom is 0.123 e. The summed E-state index contributed by atoms with van der Waals surface area (Å²) >= 11 is 0. The molecule has 192 valence electrons. The lowest BCUT2D eigenvalue weighted by atomic mass is 9.69. The Balaban J connectivity index is 0.000000387. The van der Waals surface area contributed by atoms with Gasteiger partial charge in [-0.1, -0.05) is 78.9 Å². The first-order valence-electron chi connectivity index (χ1n) is 13.8. The van der Waals surface area contributed by atoms with Gasteiger partial charge in [-0.2, -0.15) is 0 Å². The van der Waals surface area contributed by atoms with Crippen molar-refractivity contribution < 1.29 is 4.39 Å². The molecule has 4 heteroatoms. The van der Waals surface area contributed by atoms with E-state index >= 15 is 0 Å². The molecule has 0 spiro atoms. The maximum absolute atomic E-state index is 13.8. The molecule has 1 N–H and O–H groups in total. The molecule has 1 fully saturated rings. The van der Waals surface area contributed by atoms with E-state index in [1.807, 2.05) is 6.07 Å². The summed E-state index contributed by atoms with van der Waals surface area (Å²) in [4.78, 5) is 6.61. The lowest BCUT2D eigenvalue weighted by Crippen LogP contribution is -2.58. The summed E-state index contributed by atoms with van der Waals surface area (Å²) in [6.45, 7) is 17.8. The number of piperidine rings is 1. The third kappa shape index (κ3) is 7.09. The molecule has 1 aromatic rings. The Kier molecular flexibility index (Phi) is 11.6. The van der Waals surface area contributed by atoms with Crippen LogP contribution in [-0.2, 0) is 5.41 Å². The Morgan fingerprint density at radius 1 is 1.12 bits per heavy atom. The van der Waals surface area contributed by atoms with Gasteiger partial charge in [0.2, 0.25) is 0 Å². The van der Waals surface area contributed by atoms with Crippen molar-refractivity contribution in [3.63, 3.8) is 0 Å². The molecule has 34 heavy (non-hydrogen) atoms. The van der Waals surface area contributed by atoms with Crippen LogP contribution in [-0.4, -0.2) is 36.8 Å². The first-order chi connectivity index (χ1) is 16.4. The van der Waals surface area contributed by atoms with Crippen molar-refractivity contribution in [2.75, 3.05) is 19.6 Å². The fourth-order valence-electron chi connectivity index (χ4n) is 5.47. The molecule has 1 atom stereocenters. The molecular formula is C30H50FN3. The highest BCUT2D eigenvalue weighted by atomic mass is 19.1. The molecule has 0 aromatic heterocycles. The van der Waals surface area contributed by atoms with E-state index in [0.717, 1.165) is 63.2 Å². The van der Waals surface area contributed by atoms with Gasteiger partial charge >= 0.3 is 0 Å². The number of aliphatic imine (C=N–C) groups is 1. The van der Waals surface area contributed by atoms with Crippen molar-refractivity contribution >= 4 is 6.72 Å². The molecule has 2 heterocycles. The Labute approximate surface area is 209 Å². The standard InChI is InChI=1S/C21H30FN3.C9H20/c1-4-21(5-2)19(16-24-21)25-13-10-20(11-14-25,9-12-23-3)17-7-6-8-18(22)15-17;1-4-6-7-8-9(3)5-2/h6-8,15-16,24H,3-5,9-14H2,1-2H3;9H,4-8H2,1-3H3. The van der Waals surface area contributed by atoms with Gasteiger partial charge in [0.1, 0.15) is 5.82 Å². The highest BCUT2D eigenvalue weighted by molar-refractivity contribution is 5.32.